The van der Waals surface area contributed by atoms with Gasteiger partial charge in [-0.2, -0.15) is 11.3 Å². The summed E-state index contributed by atoms with van der Waals surface area (Å²) in [6.07, 6.45) is 3.11. The van der Waals surface area contributed by atoms with Crippen LogP contribution in [-0.2, 0) is 4.79 Å². The monoisotopic (exact) mass is 288 g/mol. The SMILES string of the molecule is CC(CC(=O)Nc1ccsc1)C1CCCNC1.Cl. The van der Waals surface area contributed by atoms with Gasteiger partial charge in [0.2, 0.25) is 5.91 Å². The highest BCUT2D eigenvalue weighted by atomic mass is 35.5. The maximum atomic E-state index is 11.8. The molecular weight excluding hydrogens is 268 g/mol. The lowest BCUT2D eigenvalue weighted by atomic mass is 9.85. The molecule has 2 heterocycles. The lowest BCUT2D eigenvalue weighted by Crippen LogP contribution is -2.34. The van der Waals surface area contributed by atoms with Crippen LogP contribution >= 0.6 is 23.7 Å². The van der Waals surface area contributed by atoms with E-state index in [1.807, 2.05) is 16.8 Å². The van der Waals surface area contributed by atoms with Gasteiger partial charge in [0.05, 0.1) is 5.69 Å². The van der Waals surface area contributed by atoms with Crippen LogP contribution in [-0.4, -0.2) is 19.0 Å². The van der Waals surface area contributed by atoms with E-state index >= 15 is 0 Å². The van der Waals surface area contributed by atoms with Crippen molar-refractivity contribution in [1.29, 1.82) is 0 Å². The summed E-state index contributed by atoms with van der Waals surface area (Å²) in [5, 5.41) is 10.3. The fraction of sp³-hybridized carbons (Fsp3) is 0.615. The van der Waals surface area contributed by atoms with E-state index in [1.54, 1.807) is 11.3 Å². The Labute approximate surface area is 119 Å². The van der Waals surface area contributed by atoms with Crippen LogP contribution < -0.4 is 10.6 Å². The zero-order valence-corrected chi connectivity index (χ0v) is 12.3. The van der Waals surface area contributed by atoms with Crippen molar-refractivity contribution in [2.24, 2.45) is 11.8 Å². The molecule has 0 bridgehead atoms. The highest BCUT2D eigenvalue weighted by Crippen LogP contribution is 2.23. The molecule has 1 aromatic rings. The van der Waals surface area contributed by atoms with Crippen molar-refractivity contribution in [3.05, 3.63) is 16.8 Å². The maximum Gasteiger partial charge on any atom is 0.224 e. The average molecular weight is 289 g/mol. The first-order valence-corrected chi connectivity index (χ1v) is 7.23. The van der Waals surface area contributed by atoms with Gasteiger partial charge < -0.3 is 10.6 Å². The third kappa shape index (κ3) is 4.59. The summed E-state index contributed by atoms with van der Waals surface area (Å²) < 4.78 is 0. The van der Waals surface area contributed by atoms with Gasteiger partial charge in [0.1, 0.15) is 0 Å². The molecule has 1 fully saturated rings. The smallest absolute Gasteiger partial charge is 0.224 e. The molecule has 2 N–H and O–H groups in total. The third-order valence-corrected chi connectivity index (χ3v) is 4.14. The van der Waals surface area contributed by atoms with Gasteiger partial charge >= 0.3 is 0 Å². The van der Waals surface area contributed by atoms with E-state index in [9.17, 15) is 4.79 Å². The fourth-order valence-electron chi connectivity index (χ4n) is 2.37. The summed E-state index contributed by atoms with van der Waals surface area (Å²) in [6.45, 7) is 4.38. The van der Waals surface area contributed by atoms with E-state index in [-0.39, 0.29) is 18.3 Å². The van der Waals surface area contributed by atoms with Crippen LogP contribution in [0, 0.1) is 11.8 Å². The van der Waals surface area contributed by atoms with E-state index in [2.05, 4.69) is 17.6 Å². The normalized spacial score (nSPS) is 20.8. The van der Waals surface area contributed by atoms with Gasteiger partial charge in [-0.1, -0.05) is 6.92 Å². The zero-order chi connectivity index (χ0) is 12.1. The van der Waals surface area contributed by atoms with Crippen LogP contribution in [0.3, 0.4) is 0 Å². The Morgan fingerprint density at radius 1 is 1.67 bits per heavy atom. The number of amides is 1. The highest BCUT2D eigenvalue weighted by Gasteiger charge is 2.21. The van der Waals surface area contributed by atoms with Gasteiger partial charge in [-0.25, -0.2) is 0 Å². The van der Waals surface area contributed by atoms with E-state index in [1.165, 1.54) is 12.8 Å². The molecule has 0 spiro atoms. The summed E-state index contributed by atoms with van der Waals surface area (Å²) in [7, 11) is 0. The first kappa shape index (κ1) is 15.5. The Hall–Kier alpha value is -0.580. The summed E-state index contributed by atoms with van der Waals surface area (Å²) in [5.74, 6) is 1.25. The molecule has 0 saturated carbocycles. The summed E-state index contributed by atoms with van der Waals surface area (Å²) in [4.78, 5) is 11.8. The van der Waals surface area contributed by atoms with Crippen molar-refractivity contribution in [2.45, 2.75) is 26.2 Å². The molecule has 2 rings (SSSR count). The number of nitrogens with one attached hydrogen (secondary N) is 2. The van der Waals surface area contributed by atoms with Crippen LogP contribution in [0.5, 0.6) is 0 Å². The molecule has 1 aliphatic heterocycles. The van der Waals surface area contributed by atoms with Crippen molar-refractivity contribution in [3.63, 3.8) is 0 Å². The molecule has 3 nitrogen and oxygen atoms in total. The molecule has 0 radical (unpaired) electrons. The van der Waals surface area contributed by atoms with Crippen LogP contribution in [0.2, 0.25) is 0 Å². The minimum atomic E-state index is 0. The zero-order valence-electron chi connectivity index (χ0n) is 10.6. The standard InChI is InChI=1S/C13H20N2OS.ClH/c1-10(11-3-2-5-14-8-11)7-13(16)15-12-4-6-17-9-12;/h4,6,9-11,14H,2-3,5,7-8H2,1H3,(H,15,16);1H. The topological polar surface area (TPSA) is 41.1 Å². The molecule has 1 aromatic heterocycles. The Morgan fingerprint density at radius 3 is 3.11 bits per heavy atom. The van der Waals surface area contributed by atoms with Crippen LogP contribution in [0.1, 0.15) is 26.2 Å². The number of carbonyl (C=O) groups is 1. The number of anilines is 1. The fourth-order valence-corrected chi connectivity index (χ4v) is 2.96. The van der Waals surface area contributed by atoms with Crippen LogP contribution in [0.15, 0.2) is 16.8 Å². The second-order valence-electron chi connectivity index (χ2n) is 4.85. The van der Waals surface area contributed by atoms with E-state index in [0.29, 0.717) is 18.3 Å². The number of thiophene rings is 1. The number of halogens is 1. The Bertz CT molecular complexity index is 350. The second-order valence-corrected chi connectivity index (χ2v) is 5.63. The Morgan fingerprint density at radius 2 is 2.50 bits per heavy atom. The molecule has 1 amide bonds. The number of rotatable bonds is 4. The lowest BCUT2D eigenvalue weighted by molar-refractivity contribution is -0.117. The van der Waals surface area contributed by atoms with Crippen molar-refractivity contribution in [3.8, 4) is 0 Å². The van der Waals surface area contributed by atoms with Crippen molar-refractivity contribution in [1.82, 2.24) is 5.32 Å². The first-order valence-electron chi connectivity index (χ1n) is 6.28. The van der Waals surface area contributed by atoms with Gasteiger partial charge in [-0.05, 0) is 49.2 Å². The number of hydrogen-bond acceptors (Lipinski definition) is 3. The quantitative estimate of drug-likeness (QED) is 0.894. The van der Waals surface area contributed by atoms with Crippen LogP contribution in [0.25, 0.3) is 0 Å². The van der Waals surface area contributed by atoms with E-state index in [0.717, 1.165) is 18.8 Å². The average Bonchev–Trinajstić information content (AvgIpc) is 2.82. The molecule has 2 atom stereocenters. The van der Waals surface area contributed by atoms with Crippen molar-refractivity contribution in [2.75, 3.05) is 18.4 Å². The van der Waals surface area contributed by atoms with Gasteiger partial charge in [0.15, 0.2) is 0 Å². The molecule has 0 aromatic carbocycles. The van der Waals surface area contributed by atoms with Gasteiger partial charge in [-0.15, -0.1) is 12.4 Å². The largest absolute Gasteiger partial charge is 0.325 e. The Balaban J connectivity index is 0.00000162. The maximum absolute atomic E-state index is 11.8. The summed E-state index contributed by atoms with van der Waals surface area (Å²) >= 11 is 1.60. The van der Waals surface area contributed by atoms with Crippen molar-refractivity contribution < 1.29 is 4.79 Å². The van der Waals surface area contributed by atoms with Crippen molar-refractivity contribution >= 4 is 35.3 Å². The Kier molecular flexibility index (Phi) is 6.68. The molecular formula is C13H21ClN2OS. The third-order valence-electron chi connectivity index (χ3n) is 3.45. The molecule has 0 aliphatic carbocycles. The number of hydrogen-bond donors (Lipinski definition) is 2. The highest BCUT2D eigenvalue weighted by molar-refractivity contribution is 7.08. The molecule has 1 saturated heterocycles. The lowest BCUT2D eigenvalue weighted by Gasteiger charge is -2.27. The van der Waals surface area contributed by atoms with Gasteiger partial charge in [-0.3, -0.25) is 4.79 Å². The minimum Gasteiger partial charge on any atom is -0.325 e. The molecule has 2 unspecified atom stereocenters. The molecule has 18 heavy (non-hydrogen) atoms. The predicted molar refractivity (Wildman–Crippen MR) is 79.6 cm³/mol. The number of carbonyl (C=O) groups excluding carboxylic acids is 1. The predicted octanol–water partition coefficient (Wildman–Crippen LogP) is 3.13. The van der Waals surface area contributed by atoms with Gasteiger partial charge in [0.25, 0.3) is 0 Å². The van der Waals surface area contributed by atoms with Gasteiger partial charge in [0, 0.05) is 11.8 Å². The molecule has 1 aliphatic rings. The van der Waals surface area contributed by atoms with E-state index in [4.69, 9.17) is 0 Å². The molecule has 5 heteroatoms. The van der Waals surface area contributed by atoms with E-state index < -0.39 is 0 Å². The van der Waals surface area contributed by atoms with Crippen LogP contribution in [0.4, 0.5) is 5.69 Å². The summed E-state index contributed by atoms with van der Waals surface area (Å²) in [5.41, 5.74) is 0.925. The summed E-state index contributed by atoms with van der Waals surface area (Å²) in [6, 6.07) is 1.94. The minimum absolute atomic E-state index is 0. The second kappa shape index (κ2) is 7.77. The molecule has 102 valence electrons. The first-order chi connectivity index (χ1) is 8.25. The number of piperidine rings is 1.